The van der Waals surface area contributed by atoms with Gasteiger partial charge in [-0.05, 0) is 27.3 Å². The Balaban J connectivity index is 2.70. The Morgan fingerprint density at radius 3 is 2.75 bits per heavy atom. The predicted molar refractivity (Wildman–Crippen MR) is 63.3 cm³/mol. The minimum absolute atomic E-state index is 0.370. The summed E-state index contributed by atoms with van der Waals surface area (Å²) in [6, 6.07) is 0. The van der Waals surface area contributed by atoms with Crippen molar-refractivity contribution in [2.45, 2.75) is 32.4 Å². The molecular formula is C10H17ClN4O. The highest BCUT2D eigenvalue weighted by molar-refractivity contribution is 6.31. The zero-order valence-electron chi connectivity index (χ0n) is 9.75. The Morgan fingerprint density at radius 1 is 1.75 bits per heavy atom. The van der Waals surface area contributed by atoms with Gasteiger partial charge in [0.1, 0.15) is 0 Å². The Hall–Kier alpha value is -1.07. The van der Waals surface area contributed by atoms with Gasteiger partial charge in [0, 0.05) is 6.54 Å². The fourth-order valence-electron chi connectivity index (χ4n) is 1.35. The van der Waals surface area contributed by atoms with E-state index in [0.717, 1.165) is 5.69 Å². The van der Waals surface area contributed by atoms with Gasteiger partial charge in [-0.15, -0.1) is 0 Å². The fraction of sp³-hybridized carbons (Fsp3) is 0.600. The van der Waals surface area contributed by atoms with Crippen LogP contribution in [0.15, 0.2) is 6.20 Å². The minimum atomic E-state index is -0.717. The molecule has 1 heterocycles. The van der Waals surface area contributed by atoms with E-state index < -0.39 is 5.54 Å². The molecule has 1 aromatic heterocycles. The van der Waals surface area contributed by atoms with Crippen LogP contribution < -0.4 is 11.1 Å². The van der Waals surface area contributed by atoms with E-state index in [9.17, 15) is 4.79 Å². The lowest BCUT2D eigenvalue weighted by molar-refractivity contribution is -0.124. The van der Waals surface area contributed by atoms with Crippen LogP contribution in [0.1, 0.15) is 19.0 Å². The smallest absolute Gasteiger partial charge is 0.237 e. The van der Waals surface area contributed by atoms with Crippen molar-refractivity contribution in [3.8, 4) is 0 Å². The van der Waals surface area contributed by atoms with Crippen LogP contribution in [-0.2, 0) is 11.3 Å². The van der Waals surface area contributed by atoms with Gasteiger partial charge in [-0.3, -0.25) is 9.48 Å². The molecule has 6 heteroatoms. The number of rotatable bonds is 5. The maximum absolute atomic E-state index is 11.3. The Kier molecular flexibility index (Phi) is 3.93. The fourth-order valence-corrected chi connectivity index (χ4v) is 1.49. The molecular weight excluding hydrogens is 228 g/mol. The molecule has 0 radical (unpaired) electrons. The number of halogens is 1. The number of aromatic nitrogens is 2. The lowest BCUT2D eigenvalue weighted by Crippen LogP contribution is -2.52. The molecule has 1 unspecified atom stereocenters. The summed E-state index contributed by atoms with van der Waals surface area (Å²) in [5.41, 5.74) is 5.51. The second-order valence-corrected chi connectivity index (χ2v) is 4.40. The molecule has 0 fully saturated rings. The number of nitrogens with two attached hydrogens (primary N) is 1. The number of carbonyl (C=O) groups excluding carboxylic acids is 1. The minimum Gasteiger partial charge on any atom is -0.368 e. The second kappa shape index (κ2) is 4.84. The average molecular weight is 245 g/mol. The van der Waals surface area contributed by atoms with Gasteiger partial charge in [0.15, 0.2) is 0 Å². The molecule has 0 saturated carbocycles. The first-order chi connectivity index (χ1) is 7.40. The van der Waals surface area contributed by atoms with Gasteiger partial charge in [0.25, 0.3) is 0 Å². The number of carbonyl (C=O) groups is 1. The molecule has 0 aliphatic heterocycles. The third kappa shape index (κ3) is 2.54. The first-order valence-corrected chi connectivity index (χ1v) is 5.45. The Labute approximate surface area is 99.9 Å². The number of hydrogen-bond acceptors (Lipinski definition) is 3. The van der Waals surface area contributed by atoms with Crippen molar-refractivity contribution in [2.75, 3.05) is 7.05 Å². The number of likely N-dealkylation sites (N-methyl/N-ethyl adjacent to an activating group) is 1. The molecule has 1 aromatic rings. The van der Waals surface area contributed by atoms with Crippen molar-refractivity contribution in [3.63, 3.8) is 0 Å². The van der Waals surface area contributed by atoms with Crippen LogP contribution >= 0.6 is 11.6 Å². The molecule has 0 aliphatic rings. The molecule has 0 aromatic carbocycles. The molecule has 3 N–H and O–H groups in total. The summed E-state index contributed by atoms with van der Waals surface area (Å²) < 4.78 is 1.76. The van der Waals surface area contributed by atoms with Gasteiger partial charge in [-0.25, -0.2) is 0 Å². The van der Waals surface area contributed by atoms with E-state index in [1.165, 1.54) is 0 Å². The lowest BCUT2D eigenvalue weighted by atomic mass is 9.97. The van der Waals surface area contributed by atoms with E-state index in [-0.39, 0.29) is 5.91 Å². The largest absolute Gasteiger partial charge is 0.368 e. The molecule has 0 spiro atoms. The van der Waals surface area contributed by atoms with E-state index in [4.69, 9.17) is 17.3 Å². The summed E-state index contributed by atoms with van der Waals surface area (Å²) in [7, 11) is 1.72. The number of primary amides is 1. The SMILES string of the molecule is CNC(C)(CCn1ncc(Cl)c1C)C(N)=O. The highest BCUT2D eigenvalue weighted by atomic mass is 35.5. The summed E-state index contributed by atoms with van der Waals surface area (Å²) in [5, 5.41) is 7.67. The number of nitrogens with one attached hydrogen (secondary N) is 1. The zero-order valence-corrected chi connectivity index (χ0v) is 10.5. The molecule has 0 aliphatic carbocycles. The van der Waals surface area contributed by atoms with Crippen molar-refractivity contribution in [3.05, 3.63) is 16.9 Å². The highest BCUT2D eigenvalue weighted by Gasteiger charge is 2.28. The summed E-state index contributed by atoms with van der Waals surface area (Å²) in [5.74, 6) is -0.370. The third-order valence-corrected chi connectivity index (χ3v) is 3.33. The van der Waals surface area contributed by atoms with Gasteiger partial charge in [0.05, 0.1) is 22.5 Å². The summed E-state index contributed by atoms with van der Waals surface area (Å²) in [6.45, 7) is 4.25. The standard InChI is InChI=1S/C10H17ClN4O/c1-7-8(11)6-14-15(7)5-4-10(2,13-3)9(12)16/h6,13H,4-5H2,1-3H3,(H2,12,16). The first kappa shape index (κ1) is 13.0. The molecule has 0 saturated heterocycles. The van der Waals surface area contributed by atoms with Crippen LogP contribution in [0.25, 0.3) is 0 Å². The topological polar surface area (TPSA) is 72.9 Å². The van der Waals surface area contributed by atoms with Crippen LogP contribution in [0, 0.1) is 6.92 Å². The Morgan fingerprint density at radius 2 is 2.38 bits per heavy atom. The lowest BCUT2D eigenvalue weighted by Gasteiger charge is -2.25. The van der Waals surface area contributed by atoms with Crippen molar-refractivity contribution >= 4 is 17.5 Å². The zero-order chi connectivity index (χ0) is 12.3. The van der Waals surface area contributed by atoms with Crippen LogP contribution in [0.3, 0.4) is 0 Å². The summed E-state index contributed by atoms with van der Waals surface area (Å²) in [6.07, 6.45) is 2.16. The number of aryl methyl sites for hydroxylation is 1. The van der Waals surface area contributed by atoms with E-state index in [1.807, 2.05) is 6.92 Å². The molecule has 1 atom stereocenters. The van der Waals surface area contributed by atoms with Crippen molar-refractivity contribution < 1.29 is 4.79 Å². The molecule has 5 nitrogen and oxygen atoms in total. The quantitative estimate of drug-likeness (QED) is 0.801. The van der Waals surface area contributed by atoms with Gasteiger partial charge >= 0.3 is 0 Å². The molecule has 16 heavy (non-hydrogen) atoms. The molecule has 90 valence electrons. The molecule has 0 bridgehead atoms. The van der Waals surface area contributed by atoms with Gasteiger partial charge in [-0.2, -0.15) is 5.10 Å². The van der Waals surface area contributed by atoms with Gasteiger partial charge in [0.2, 0.25) is 5.91 Å². The number of hydrogen-bond donors (Lipinski definition) is 2. The van der Waals surface area contributed by atoms with Crippen LogP contribution in [0.2, 0.25) is 5.02 Å². The molecule has 1 rings (SSSR count). The molecule has 1 amide bonds. The van der Waals surface area contributed by atoms with Crippen molar-refractivity contribution in [1.29, 1.82) is 0 Å². The first-order valence-electron chi connectivity index (χ1n) is 5.07. The average Bonchev–Trinajstić information content (AvgIpc) is 2.56. The highest BCUT2D eigenvalue weighted by Crippen LogP contribution is 2.16. The van der Waals surface area contributed by atoms with Crippen LogP contribution in [0.5, 0.6) is 0 Å². The normalized spacial score (nSPS) is 14.8. The van der Waals surface area contributed by atoms with Crippen molar-refractivity contribution in [2.24, 2.45) is 5.73 Å². The van der Waals surface area contributed by atoms with Gasteiger partial charge in [-0.1, -0.05) is 11.6 Å². The third-order valence-electron chi connectivity index (χ3n) is 2.96. The maximum Gasteiger partial charge on any atom is 0.237 e. The van der Waals surface area contributed by atoms with E-state index >= 15 is 0 Å². The van der Waals surface area contributed by atoms with Gasteiger partial charge < -0.3 is 11.1 Å². The Bertz CT molecular complexity index is 390. The summed E-state index contributed by atoms with van der Waals surface area (Å²) >= 11 is 5.89. The monoisotopic (exact) mass is 244 g/mol. The maximum atomic E-state index is 11.3. The van der Waals surface area contributed by atoms with E-state index in [0.29, 0.717) is 18.0 Å². The van der Waals surface area contributed by atoms with E-state index in [2.05, 4.69) is 10.4 Å². The predicted octanol–water partition coefficient (Wildman–Crippen LogP) is 0.698. The number of amides is 1. The number of nitrogens with zero attached hydrogens (tertiary/aromatic N) is 2. The van der Waals surface area contributed by atoms with E-state index in [1.54, 1.807) is 24.9 Å². The van der Waals surface area contributed by atoms with Crippen LogP contribution in [-0.4, -0.2) is 28.3 Å². The summed E-state index contributed by atoms with van der Waals surface area (Å²) in [4.78, 5) is 11.3. The van der Waals surface area contributed by atoms with Crippen molar-refractivity contribution in [1.82, 2.24) is 15.1 Å². The second-order valence-electron chi connectivity index (χ2n) is 4.00. The van der Waals surface area contributed by atoms with Crippen LogP contribution in [0.4, 0.5) is 0 Å².